The van der Waals surface area contributed by atoms with Gasteiger partial charge >= 0.3 is 0 Å². The Morgan fingerprint density at radius 2 is 2.10 bits per heavy atom. The zero-order valence-electron chi connectivity index (χ0n) is 12.2. The van der Waals surface area contributed by atoms with Crippen LogP contribution < -0.4 is 4.74 Å². The van der Waals surface area contributed by atoms with Crippen molar-refractivity contribution in [2.45, 2.75) is 57.0 Å². The molecule has 1 fully saturated rings. The summed E-state index contributed by atoms with van der Waals surface area (Å²) < 4.78 is 30.3. The highest BCUT2D eigenvalue weighted by atomic mass is 79.9. The third kappa shape index (κ3) is 4.36. The normalized spacial score (nSPS) is 23.0. The molecule has 1 aliphatic carbocycles. The third-order valence-corrected chi connectivity index (χ3v) is 5.85. The van der Waals surface area contributed by atoms with Crippen LogP contribution in [0.2, 0.25) is 0 Å². The number of halogens is 2. The van der Waals surface area contributed by atoms with Gasteiger partial charge < -0.3 is 4.74 Å². The molecule has 21 heavy (non-hydrogen) atoms. The summed E-state index contributed by atoms with van der Waals surface area (Å²) in [6.07, 6.45) is 5.51. The van der Waals surface area contributed by atoms with Crippen LogP contribution in [0, 0.1) is 12.8 Å². The lowest BCUT2D eigenvalue weighted by molar-refractivity contribution is 0.118. The highest BCUT2D eigenvalue weighted by molar-refractivity contribution is 9.10. The van der Waals surface area contributed by atoms with Crippen LogP contribution in [0.1, 0.15) is 44.6 Å². The second-order valence-corrected chi connectivity index (χ2v) is 9.12. The van der Waals surface area contributed by atoms with Crippen LogP contribution in [0.3, 0.4) is 0 Å². The van der Waals surface area contributed by atoms with Crippen molar-refractivity contribution < 1.29 is 13.2 Å². The van der Waals surface area contributed by atoms with E-state index in [4.69, 9.17) is 15.4 Å². The van der Waals surface area contributed by atoms with E-state index in [1.54, 1.807) is 0 Å². The summed E-state index contributed by atoms with van der Waals surface area (Å²) in [5.41, 5.74) is 0.780. The molecular formula is C15H20BrClO3S. The smallest absolute Gasteiger partial charge is 0.265 e. The van der Waals surface area contributed by atoms with Gasteiger partial charge in [0.1, 0.15) is 10.6 Å². The molecule has 118 valence electrons. The maximum atomic E-state index is 11.8. The number of hydrogen-bond donors (Lipinski definition) is 0. The number of benzene rings is 1. The molecule has 3 nitrogen and oxygen atoms in total. The van der Waals surface area contributed by atoms with Crippen molar-refractivity contribution in [1.29, 1.82) is 0 Å². The summed E-state index contributed by atoms with van der Waals surface area (Å²) in [7, 11) is 1.72. The van der Waals surface area contributed by atoms with Crippen molar-refractivity contribution in [3.63, 3.8) is 0 Å². The van der Waals surface area contributed by atoms with Gasteiger partial charge in [-0.05, 0) is 49.8 Å². The van der Waals surface area contributed by atoms with E-state index >= 15 is 0 Å². The molecule has 0 heterocycles. The Kier molecular flexibility index (Phi) is 5.60. The van der Waals surface area contributed by atoms with E-state index in [0.717, 1.165) is 31.2 Å². The molecule has 6 heteroatoms. The van der Waals surface area contributed by atoms with E-state index in [-0.39, 0.29) is 11.0 Å². The zero-order valence-corrected chi connectivity index (χ0v) is 15.4. The molecule has 0 bridgehead atoms. The van der Waals surface area contributed by atoms with Crippen LogP contribution in [0.4, 0.5) is 0 Å². The van der Waals surface area contributed by atoms with Crippen molar-refractivity contribution in [3.8, 4) is 5.75 Å². The Hall–Kier alpha value is -0.260. The number of rotatable bonds is 4. The Bertz CT molecular complexity index is 616. The van der Waals surface area contributed by atoms with E-state index in [0.29, 0.717) is 16.1 Å². The van der Waals surface area contributed by atoms with Crippen LogP contribution in [0.5, 0.6) is 5.75 Å². The molecule has 0 spiro atoms. The van der Waals surface area contributed by atoms with Gasteiger partial charge in [0.05, 0.1) is 6.10 Å². The minimum Gasteiger partial charge on any atom is -0.489 e. The highest BCUT2D eigenvalue weighted by Gasteiger charge is 2.26. The fourth-order valence-electron chi connectivity index (χ4n) is 2.92. The topological polar surface area (TPSA) is 43.4 Å². The van der Waals surface area contributed by atoms with Crippen molar-refractivity contribution in [1.82, 2.24) is 0 Å². The third-order valence-electron chi connectivity index (χ3n) is 4.06. The second kappa shape index (κ2) is 6.88. The van der Waals surface area contributed by atoms with Crippen LogP contribution in [0.15, 0.2) is 21.5 Å². The summed E-state index contributed by atoms with van der Waals surface area (Å²) in [6.45, 7) is 4.03. The molecule has 0 aromatic heterocycles. The molecule has 1 aromatic carbocycles. The van der Waals surface area contributed by atoms with Gasteiger partial charge in [-0.15, -0.1) is 0 Å². The first-order valence-corrected chi connectivity index (χ1v) is 10.3. The van der Waals surface area contributed by atoms with E-state index in [1.807, 2.05) is 13.0 Å². The van der Waals surface area contributed by atoms with Crippen LogP contribution in [0.25, 0.3) is 0 Å². The first-order chi connectivity index (χ1) is 9.81. The molecule has 2 unspecified atom stereocenters. The lowest BCUT2D eigenvalue weighted by Gasteiger charge is -2.30. The van der Waals surface area contributed by atoms with Crippen LogP contribution >= 0.6 is 26.6 Å². The van der Waals surface area contributed by atoms with Gasteiger partial charge in [0.2, 0.25) is 0 Å². The molecule has 0 N–H and O–H groups in total. The summed E-state index contributed by atoms with van der Waals surface area (Å²) >= 11 is 3.31. The lowest BCUT2D eigenvalue weighted by atomic mass is 9.85. The predicted molar refractivity (Wildman–Crippen MR) is 88.6 cm³/mol. The van der Waals surface area contributed by atoms with Crippen LogP contribution in [-0.4, -0.2) is 14.5 Å². The molecule has 1 aromatic rings. The highest BCUT2D eigenvalue weighted by Crippen LogP contribution is 2.37. The van der Waals surface area contributed by atoms with Gasteiger partial charge in [-0.1, -0.05) is 35.7 Å². The van der Waals surface area contributed by atoms with Gasteiger partial charge in [-0.3, -0.25) is 0 Å². The van der Waals surface area contributed by atoms with E-state index < -0.39 is 9.05 Å². The Labute approximate surface area is 139 Å². The van der Waals surface area contributed by atoms with Gasteiger partial charge in [-0.2, -0.15) is 0 Å². The number of ether oxygens (including phenoxy) is 1. The van der Waals surface area contributed by atoms with Crippen molar-refractivity contribution in [2.24, 2.45) is 5.92 Å². The van der Waals surface area contributed by atoms with E-state index in [2.05, 4.69) is 22.9 Å². The minimum absolute atomic E-state index is 0.0506. The fraction of sp³-hybridized carbons (Fsp3) is 0.600. The molecule has 2 rings (SSSR count). The predicted octanol–water partition coefficient (Wildman–Crippen LogP) is 5.03. The second-order valence-electron chi connectivity index (χ2n) is 5.67. The molecule has 1 aliphatic rings. The maximum absolute atomic E-state index is 11.8. The fourth-order valence-corrected chi connectivity index (χ4v) is 4.68. The first kappa shape index (κ1) is 17.1. The lowest BCUT2D eigenvalue weighted by Crippen LogP contribution is -2.26. The number of aryl methyl sites for hydroxylation is 1. The van der Waals surface area contributed by atoms with E-state index in [9.17, 15) is 8.42 Å². The van der Waals surface area contributed by atoms with Gasteiger partial charge in [0.25, 0.3) is 9.05 Å². The minimum atomic E-state index is -3.83. The average Bonchev–Trinajstić information content (AvgIpc) is 2.40. The average molecular weight is 396 g/mol. The van der Waals surface area contributed by atoms with Crippen LogP contribution in [-0.2, 0) is 9.05 Å². The van der Waals surface area contributed by atoms with E-state index in [1.165, 1.54) is 12.5 Å². The number of hydrogen-bond acceptors (Lipinski definition) is 3. The van der Waals surface area contributed by atoms with Gasteiger partial charge in [-0.25, -0.2) is 8.42 Å². The van der Waals surface area contributed by atoms with Gasteiger partial charge in [0.15, 0.2) is 0 Å². The summed E-state index contributed by atoms with van der Waals surface area (Å²) in [4.78, 5) is 0.0506. The van der Waals surface area contributed by atoms with Crippen molar-refractivity contribution in [3.05, 3.63) is 22.2 Å². The zero-order chi connectivity index (χ0) is 15.6. The Morgan fingerprint density at radius 3 is 2.71 bits per heavy atom. The quantitative estimate of drug-likeness (QED) is 0.671. The molecule has 0 aliphatic heterocycles. The largest absolute Gasteiger partial charge is 0.489 e. The molecule has 0 radical (unpaired) electrons. The SMILES string of the molecule is CCC1CCCC(Oc2c(C)cc(Br)cc2S(=O)(=O)Cl)C1. The molecule has 0 saturated heterocycles. The summed E-state index contributed by atoms with van der Waals surface area (Å²) in [5.74, 6) is 1.06. The molecule has 0 amide bonds. The van der Waals surface area contributed by atoms with Gasteiger partial charge in [0, 0.05) is 15.2 Å². The monoisotopic (exact) mass is 394 g/mol. The summed E-state index contributed by atoms with van der Waals surface area (Å²) in [6, 6.07) is 3.35. The Morgan fingerprint density at radius 1 is 1.38 bits per heavy atom. The Balaban J connectivity index is 2.31. The maximum Gasteiger partial charge on any atom is 0.265 e. The standard InChI is InChI=1S/C15H20BrClO3S/c1-3-11-5-4-6-13(8-11)20-15-10(2)7-12(16)9-14(15)21(17,18)19/h7,9,11,13H,3-6,8H2,1-2H3. The molecule has 1 saturated carbocycles. The van der Waals surface area contributed by atoms with Crippen molar-refractivity contribution >= 4 is 35.7 Å². The summed E-state index contributed by atoms with van der Waals surface area (Å²) in [5, 5.41) is 0. The molecule has 2 atom stereocenters. The first-order valence-electron chi connectivity index (χ1n) is 7.22. The molecular weight excluding hydrogens is 376 g/mol. The van der Waals surface area contributed by atoms with Crippen molar-refractivity contribution in [2.75, 3.05) is 0 Å².